The van der Waals surface area contributed by atoms with Gasteiger partial charge in [-0.25, -0.2) is 0 Å². The highest BCUT2D eigenvalue weighted by atomic mass is 16.3. The number of aliphatic hydroxyl groups is 1. The Kier molecular flexibility index (Phi) is 2.31. The third-order valence-corrected chi connectivity index (χ3v) is 3.22. The zero-order chi connectivity index (χ0) is 11.8. The van der Waals surface area contributed by atoms with Gasteiger partial charge in [-0.3, -0.25) is 4.98 Å². The number of pyridine rings is 1. The molecule has 3 rings (SSSR count). The standard InChI is InChI=1S/C14H12N2O/c15-6-12-4-9(8-17)3-11-5-13(10-1-2-10)7-16-14(11)12/h3-5,7,10,17H,1-2,8H2. The zero-order valence-corrected chi connectivity index (χ0v) is 9.35. The quantitative estimate of drug-likeness (QED) is 0.852. The minimum absolute atomic E-state index is 0.0434. The summed E-state index contributed by atoms with van der Waals surface area (Å²) < 4.78 is 0. The topological polar surface area (TPSA) is 56.9 Å². The highest BCUT2D eigenvalue weighted by Crippen LogP contribution is 2.40. The van der Waals surface area contributed by atoms with Crippen LogP contribution in [0, 0.1) is 11.3 Å². The lowest BCUT2D eigenvalue weighted by Crippen LogP contribution is -1.92. The molecule has 1 saturated carbocycles. The van der Waals surface area contributed by atoms with E-state index in [9.17, 15) is 5.11 Å². The first-order valence-electron chi connectivity index (χ1n) is 5.75. The molecule has 0 saturated heterocycles. The van der Waals surface area contributed by atoms with Crippen LogP contribution in [-0.2, 0) is 6.61 Å². The Morgan fingerprint density at radius 2 is 2.18 bits per heavy atom. The Labute approximate surface area is 99.3 Å². The van der Waals surface area contributed by atoms with E-state index >= 15 is 0 Å². The van der Waals surface area contributed by atoms with Crippen LogP contribution in [0.25, 0.3) is 10.9 Å². The van der Waals surface area contributed by atoms with Gasteiger partial charge in [-0.05, 0) is 48.1 Å². The molecule has 17 heavy (non-hydrogen) atoms. The molecule has 1 fully saturated rings. The van der Waals surface area contributed by atoms with Gasteiger partial charge in [0.05, 0.1) is 17.7 Å². The summed E-state index contributed by atoms with van der Waals surface area (Å²) in [7, 11) is 0. The molecule has 0 bridgehead atoms. The molecule has 1 aromatic carbocycles. The highest BCUT2D eigenvalue weighted by Gasteiger charge is 2.24. The van der Waals surface area contributed by atoms with Crippen LogP contribution in [0.1, 0.15) is 35.4 Å². The number of nitrogens with zero attached hydrogens (tertiary/aromatic N) is 2. The summed E-state index contributed by atoms with van der Waals surface area (Å²) in [6.45, 7) is -0.0434. The molecule has 3 heteroatoms. The van der Waals surface area contributed by atoms with Crippen molar-refractivity contribution in [1.29, 1.82) is 5.26 Å². The molecule has 3 nitrogen and oxygen atoms in total. The lowest BCUT2D eigenvalue weighted by Gasteiger charge is -2.05. The molecular formula is C14H12N2O. The predicted molar refractivity (Wildman–Crippen MR) is 64.4 cm³/mol. The van der Waals surface area contributed by atoms with E-state index in [0.29, 0.717) is 11.5 Å². The minimum atomic E-state index is -0.0434. The van der Waals surface area contributed by atoms with Crippen molar-refractivity contribution in [1.82, 2.24) is 4.98 Å². The van der Waals surface area contributed by atoms with Crippen LogP contribution in [0.3, 0.4) is 0 Å². The van der Waals surface area contributed by atoms with Crippen molar-refractivity contribution in [3.63, 3.8) is 0 Å². The number of hydrogen-bond donors (Lipinski definition) is 1. The van der Waals surface area contributed by atoms with E-state index < -0.39 is 0 Å². The summed E-state index contributed by atoms with van der Waals surface area (Å²) in [5.41, 5.74) is 3.28. The fourth-order valence-electron chi connectivity index (χ4n) is 2.15. The Hall–Kier alpha value is -1.92. The number of rotatable bonds is 2. The normalized spacial score (nSPS) is 14.8. The molecule has 1 aromatic heterocycles. The Morgan fingerprint density at radius 3 is 2.82 bits per heavy atom. The molecule has 0 spiro atoms. The lowest BCUT2D eigenvalue weighted by atomic mass is 10.0. The first kappa shape index (κ1) is 10.2. The van der Waals surface area contributed by atoms with Gasteiger partial charge in [0, 0.05) is 11.6 Å². The van der Waals surface area contributed by atoms with Crippen molar-refractivity contribution in [2.75, 3.05) is 0 Å². The fourth-order valence-corrected chi connectivity index (χ4v) is 2.15. The molecule has 1 aliphatic carbocycles. The van der Waals surface area contributed by atoms with Gasteiger partial charge in [0.2, 0.25) is 0 Å². The van der Waals surface area contributed by atoms with Gasteiger partial charge in [0.25, 0.3) is 0 Å². The van der Waals surface area contributed by atoms with Gasteiger partial charge in [0.15, 0.2) is 0 Å². The van der Waals surface area contributed by atoms with Crippen molar-refractivity contribution in [3.8, 4) is 6.07 Å². The van der Waals surface area contributed by atoms with E-state index in [4.69, 9.17) is 5.26 Å². The maximum absolute atomic E-state index is 9.18. The summed E-state index contributed by atoms with van der Waals surface area (Å²) in [5, 5.41) is 19.2. The summed E-state index contributed by atoms with van der Waals surface area (Å²) in [6.07, 6.45) is 4.34. The van der Waals surface area contributed by atoms with Gasteiger partial charge in [0.1, 0.15) is 6.07 Å². The molecule has 0 unspecified atom stereocenters. The minimum Gasteiger partial charge on any atom is -0.392 e. The highest BCUT2D eigenvalue weighted by molar-refractivity contribution is 5.85. The molecule has 0 aliphatic heterocycles. The van der Waals surface area contributed by atoms with E-state index in [2.05, 4.69) is 17.1 Å². The first-order chi connectivity index (χ1) is 8.31. The molecule has 84 valence electrons. The monoisotopic (exact) mass is 224 g/mol. The van der Waals surface area contributed by atoms with Gasteiger partial charge in [-0.15, -0.1) is 0 Å². The molecule has 1 N–H and O–H groups in total. The average Bonchev–Trinajstić information content (AvgIpc) is 3.20. The number of aliphatic hydroxyl groups excluding tert-OH is 1. The van der Waals surface area contributed by atoms with Gasteiger partial charge in [-0.1, -0.05) is 0 Å². The van der Waals surface area contributed by atoms with E-state index in [1.807, 2.05) is 12.3 Å². The van der Waals surface area contributed by atoms with Crippen molar-refractivity contribution in [2.45, 2.75) is 25.4 Å². The fraction of sp³-hybridized carbons (Fsp3) is 0.286. The van der Waals surface area contributed by atoms with Crippen LogP contribution in [0.15, 0.2) is 24.4 Å². The van der Waals surface area contributed by atoms with Crippen LogP contribution in [0.4, 0.5) is 0 Å². The molecule has 1 aliphatic rings. The average molecular weight is 224 g/mol. The van der Waals surface area contributed by atoms with E-state index in [1.165, 1.54) is 18.4 Å². The lowest BCUT2D eigenvalue weighted by molar-refractivity contribution is 0.282. The van der Waals surface area contributed by atoms with Crippen molar-refractivity contribution in [2.24, 2.45) is 0 Å². The molecule has 0 atom stereocenters. The Bertz CT molecular complexity index is 624. The maximum Gasteiger partial charge on any atom is 0.101 e. The van der Waals surface area contributed by atoms with Crippen molar-refractivity contribution < 1.29 is 5.11 Å². The summed E-state index contributed by atoms with van der Waals surface area (Å²) in [4.78, 5) is 4.38. The van der Waals surface area contributed by atoms with Crippen LogP contribution in [0.5, 0.6) is 0 Å². The predicted octanol–water partition coefficient (Wildman–Crippen LogP) is 2.48. The second-order valence-corrected chi connectivity index (χ2v) is 4.53. The van der Waals surface area contributed by atoms with Gasteiger partial charge < -0.3 is 5.11 Å². The van der Waals surface area contributed by atoms with Crippen LogP contribution < -0.4 is 0 Å². The molecular weight excluding hydrogens is 212 g/mol. The number of fused-ring (bicyclic) bond motifs is 1. The SMILES string of the molecule is N#Cc1cc(CO)cc2cc(C3CC3)cnc12. The van der Waals surface area contributed by atoms with Crippen molar-refractivity contribution >= 4 is 10.9 Å². The summed E-state index contributed by atoms with van der Waals surface area (Å²) >= 11 is 0. The molecule has 0 radical (unpaired) electrons. The third kappa shape index (κ3) is 1.77. The van der Waals surface area contributed by atoms with Crippen LogP contribution in [0.2, 0.25) is 0 Å². The number of aromatic nitrogens is 1. The van der Waals surface area contributed by atoms with Gasteiger partial charge >= 0.3 is 0 Å². The smallest absolute Gasteiger partial charge is 0.101 e. The van der Waals surface area contributed by atoms with E-state index in [-0.39, 0.29) is 6.61 Å². The third-order valence-electron chi connectivity index (χ3n) is 3.22. The number of hydrogen-bond acceptors (Lipinski definition) is 3. The zero-order valence-electron chi connectivity index (χ0n) is 9.35. The molecule has 2 aromatic rings. The van der Waals surface area contributed by atoms with Crippen LogP contribution >= 0.6 is 0 Å². The summed E-state index contributed by atoms with van der Waals surface area (Å²) in [5.74, 6) is 0.648. The first-order valence-corrected chi connectivity index (χ1v) is 5.75. The second kappa shape index (κ2) is 3.83. The number of benzene rings is 1. The molecule has 1 heterocycles. The second-order valence-electron chi connectivity index (χ2n) is 4.53. The van der Waals surface area contributed by atoms with Crippen molar-refractivity contribution in [3.05, 3.63) is 41.1 Å². The van der Waals surface area contributed by atoms with E-state index in [0.717, 1.165) is 16.5 Å². The number of nitriles is 1. The largest absolute Gasteiger partial charge is 0.392 e. The maximum atomic E-state index is 9.18. The van der Waals surface area contributed by atoms with E-state index in [1.54, 1.807) is 6.07 Å². The Morgan fingerprint density at radius 1 is 1.35 bits per heavy atom. The Balaban J connectivity index is 2.23. The summed E-state index contributed by atoms with van der Waals surface area (Å²) in [6, 6.07) is 7.84. The molecule has 0 amide bonds. The van der Waals surface area contributed by atoms with Crippen LogP contribution in [-0.4, -0.2) is 10.1 Å². The van der Waals surface area contributed by atoms with Gasteiger partial charge in [-0.2, -0.15) is 5.26 Å².